The molecule has 1 aliphatic carbocycles. The van der Waals surface area contributed by atoms with Gasteiger partial charge in [-0.3, -0.25) is 9.67 Å². The maximum absolute atomic E-state index is 5.83. The first kappa shape index (κ1) is 17.5. The van der Waals surface area contributed by atoms with Crippen LogP contribution >= 0.6 is 24.0 Å². The van der Waals surface area contributed by atoms with Crippen molar-refractivity contribution in [2.75, 3.05) is 13.7 Å². The molecule has 0 amide bonds. The minimum Gasteiger partial charge on any atom is -0.377 e. The summed E-state index contributed by atoms with van der Waals surface area (Å²) in [5, 5.41) is 10.9. The summed E-state index contributed by atoms with van der Waals surface area (Å²) in [5.74, 6) is 2.28. The lowest BCUT2D eigenvalue weighted by atomic mass is 9.57. The highest BCUT2D eigenvalue weighted by molar-refractivity contribution is 14.0. The zero-order chi connectivity index (χ0) is 15.0. The van der Waals surface area contributed by atoms with Gasteiger partial charge in [0.15, 0.2) is 5.96 Å². The minimum absolute atomic E-state index is 0. The van der Waals surface area contributed by atoms with E-state index in [2.05, 4.69) is 39.6 Å². The molecule has 1 saturated heterocycles. The van der Waals surface area contributed by atoms with Crippen LogP contribution in [0.25, 0.3) is 0 Å². The van der Waals surface area contributed by atoms with Crippen LogP contribution in [0.4, 0.5) is 0 Å². The topological polar surface area (TPSA) is 76.4 Å². The summed E-state index contributed by atoms with van der Waals surface area (Å²) in [6.45, 7) is 6.00. The van der Waals surface area contributed by atoms with Crippen LogP contribution in [0.2, 0.25) is 0 Å². The molecule has 2 heterocycles. The number of ether oxygens (including phenoxy) is 1. The summed E-state index contributed by atoms with van der Waals surface area (Å²) < 4.78 is 7.58. The zero-order valence-electron chi connectivity index (χ0n) is 13.5. The first-order chi connectivity index (χ1) is 10.0. The molecule has 7 nitrogen and oxygen atoms in total. The number of guanidine groups is 1. The SMILES string of the molecule is CN=C(NCc1ncnn1C)NC1C2CCOC2C1(C)C.I. The molecule has 2 N–H and O–H groups in total. The van der Waals surface area contributed by atoms with Gasteiger partial charge < -0.3 is 15.4 Å². The predicted octanol–water partition coefficient (Wildman–Crippen LogP) is 0.912. The van der Waals surface area contributed by atoms with E-state index in [1.54, 1.807) is 18.1 Å². The zero-order valence-corrected chi connectivity index (χ0v) is 15.9. The second-order valence-corrected chi connectivity index (χ2v) is 6.41. The lowest BCUT2D eigenvalue weighted by Gasteiger charge is -2.54. The maximum atomic E-state index is 5.83. The fourth-order valence-electron chi connectivity index (χ4n) is 3.60. The van der Waals surface area contributed by atoms with E-state index in [4.69, 9.17) is 4.74 Å². The normalized spacial score (nSPS) is 29.3. The molecular weight excluding hydrogens is 395 g/mol. The Hall–Kier alpha value is -0.900. The Morgan fingerprint density at radius 2 is 2.32 bits per heavy atom. The second-order valence-electron chi connectivity index (χ2n) is 6.41. The van der Waals surface area contributed by atoms with Crippen LogP contribution in [0.3, 0.4) is 0 Å². The molecule has 3 rings (SSSR count). The van der Waals surface area contributed by atoms with Crippen LogP contribution in [0.15, 0.2) is 11.3 Å². The number of rotatable bonds is 3. The van der Waals surface area contributed by atoms with Crippen molar-refractivity contribution in [1.82, 2.24) is 25.4 Å². The first-order valence-electron chi connectivity index (χ1n) is 7.45. The Bertz CT molecular complexity index is 543. The molecule has 1 aromatic heterocycles. The molecule has 1 aliphatic heterocycles. The Labute approximate surface area is 148 Å². The Balaban J connectivity index is 0.00000176. The summed E-state index contributed by atoms with van der Waals surface area (Å²) in [4.78, 5) is 8.52. The van der Waals surface area contributed by atoms with Crippen molar-refractivity contribution in [1.29, 1.82) is 0 Å². The van der Waals surface area contributed by atoms with Gasteiger partial charge in [-0.2, -0.15) is 5.10 Å². The molecule has 2 aliphatic rings. The van der Waals surface area contributed by atoms with Gasteiger partial charge in [0.2, 0.25) is 0 Å². The molecule has 1 saturated carbocycles. The number of fused-ring (bicyclic) bond motifs is 1. The van der Waals surface area contributed by atoms with E-state index in [1.807, 2.05) is 7.05 Å². The average molecular weight is 420 g/mol. The molecule has 22 heavy (non-hydrogen) atoms. The van der Waals surface area contributed by atoms with Gasteiger partial charge >= 0.3 is 0 Å². The van der Waals surface area contributed by atoms with Crippen molar-refractivity contribution in [3.63, 3.8) is 0 Å². The number of halogens is 1. The van der Waals surface area contributed by atoms with Crippen molar-refractivity contribution < 1.29 is 4.74 Å². The van der Waals surface area contributed by atoms with Gasteiger partial charge in [-0.1, -0.05) is 13.8 Å². The molecule has 2 fully saturated rings. The number of aromatic nitrogens is 3. The van der Waals surface area contributed by atoms with Gasteiger partial charge in [-0.15, -0.1) is 24.0 Å². The third-order valence-corrected chi connectivity index (χ3v) is 4.84. The number of aryl methyl sites for hydroxylation is 1. The first-order valence-corrected chi connectivity index (χ1v) is 7.45. The van der Waals surface area contributed by atoms with Crippen LogP contribution in [-0.2, 0) is 18.3 Å². The van der Waals surface area contributed by atoms with Crippen LogP contribution in [0.1, 0.15) is 26.1 Å². The van der Waals surface area contributed by atoms with E-state index < -0.39 is 0 Å². The van der Waals surface area contributed by atoms with Crippen molar-refractivity contribution in [2.24, 2.45) is 23.4 Å². The van der Waals surface area contributed by atoms with Gasteiger partial charge in [0.05, 0.1) is 12.6 Å². The highest BCUT2D eigenvalue weighted by Crippen LogP contribution is 2.51. The maximum Gasteiger partial charge on any atom is 0.191 e. The van der Waals surface area contributed by atoms with Crippen molar-refractivity contribution >= 4 is 29.9 Å². The third-order valence-electron chi connectivity index (χ3n) is 4.84. The molecule has 0 bridgehead atoms. The minimum atomic E-state index is 0. The van der Waals surface area contributed by atoms with E-state index in [9.17, 15) is 0 Å². The fraction of sp³-hybridized carbons (Fsp3) is 0.786. The van der Waals surface area contributed by atoms with E-state index in [1.165, 1.54) is 0 Å². The van der Waals surface area contributed by atoms with E-state index in [0.29, 0.717) is 24.6 Å². The van der Waals surface area contributed by atoms with E-state index in [-0.39, 0.29) is 29.4 Å². The Kier molecular flexibility index (Phi) is 5.31. The lowest BCUT2D eigenvalue weighted by molar-refractivity contribution is -0.106. The highest BCUT2D eigenvalue weighted by atomic mass is 127. The molecule has 8 heteroatoms. The van der Waals surface area contributed by atoms with Crippen LogP contribution < -0.4 is 10.6 Å². The summed E-state index contributed by atoms with van der Waals surface area (Å²) >= 11 is 0. The molecule has 3 atom stereocenters. The van der Waals surface area contributed by atoms with E-state index >= 15 is 0 Å². The van der Waals surface area contributed by atoms with Crippen LogP contribution in [0, 0.1) is 11.3 Å². The molecule has 0 radical (unpaired) electrons. The quantitative estimate of drug-likeness (QED) is 0.432. The number of nitrogens with one attached hydrogen (secondary N) is 2. The summed E-state index contributed by atoms with van der Waals surface area (Å²) in [7, 11) is 3.68. The smallest absolute Gasteiger partial charge is 0.191 e. The van der Waals surface area contributed by atoms with Gasteiger partial charge in [0.1, 0.15) is 12.2 Å². The Morgan fingerprint density at radius 1 is 1.55 bits per heavy atom. The number of hydrogen-bond acceptors (Lipinski definition) is 4. The van der Waals surface area contributed by atoms with Gasteiger partial charge in [0, 0.05) is 38.1 Å². The molecule has 1 aromatic rings. The second kappa shape index (κ2) is 6.69. The predicted molar refractivity (Wildman–Crippen MR) is 95.2 cm³/mol. The Morgan fingerprint density at radius 3 is 2.95 bits per heavy atom. The van der Waals surface area contributed by atoms with Gasteiger partial charge in [-0.25, -0.2) is 4.98 Å². The highest BCUT2D eigenvalue weighted by Gasteiger charge is 2.59. The van der Waals surface area contributed by atoms with E-state index in [0.717, 1.165) is 24.8 Å². The largest absolute Gasteiger partial charge is 0.377 e. The molecule has 124 valence electrons. The van der Waals surface area contributed by atoms with Crippen molar-refractivity contribution in [3.05, 3.63) is 12.2 Å². The van der Waals surface area contributed by atoms with Crippen molar-refractivity contribution in [3.8, 4) is 0 Å². The standard InChI is InChI=1S/C14H24N6O.HI/c1-14(2)11(9-5-6-21-12(9)14)19-13(15-3)16-7-10-17-8-18-20(10)4;/h8-9,11-12H,5-7H2,1-4H3,(H2,15,16,19);1H. The molecular formula is C14H25IN6O. The number of nitrogens with zero attached hydrogens (tertiary/aromatic N) is 4. The van der Waals surface area contributed by atoms with Gasteiger partial charge in [-0.05, 0) is 6.42 Å². The number of aliphatic imine (C=N–C) groups is 1. The van der Waals surface area contributed by atoms with Gasteiger partial charge in [0.25, 0.3) is 0 Å². The van der Waals surface area contributed by atoms with Crippen LogP contribution in [-0.4, -0.2) is 46.5 Å². The fourth-order valence-corrected chi connectivity index (χ4v) is 3.60. The third kappa shape index (κ3) is 2.94. The van der Waals surface area contributed by atoms with Crippen molar-refractivity contribution in [2.45, 2.75) is 39.0 Å². The summed E-state index contributed by atoms with van der Waals surface area (Å²) in [5.41, 5.74) is 0.142. The monoisotopic (exact) mass is 420 g/mol. The molecule has 3 unspecified atom stereocenters. The molecule has 0 aromatic carbocycles. The average Bonchev–Trinajstić information content (AvgIpc) is 3.07. The van der Waals surface area contributed by atoms with Crippen LogP contribution in [0.5, 0.6) is 0 Å². The summed E-state index contributed by atoms with van der Waals surface area (Å²) in [6.07, 6.45) is 3.07. The number of hydrogen-bond donors (Lipinski definition) is 2. The summed E-state index contributed by atoms with van der Waals surface area (Å²) in [6, 6.07) is 0.399. The molecule has 0 spiro atoms. The lowest BCUT2D eigenvalue weighted by Crippen LogP contribution is -2.67.